The van der Waals surface area contributed by atoms with Crippen LogP contribution in [-0.4, -0.2) is 20.2 Å². The Bertz CT molecular complexity index is 411. The fraction of sp³-hybridized carbons (Fsp3) is 0.222. The molecule has 5 heteroatoms. The number of aromatic nitrogens is 3. The van der Waals surface area contributed by atoms with Crippen molar-refractivity contribution in [2.45, 2.75) is 13.0 Å². The van der Waals surface area contributed by atoms with Crippen LogP contribution in [0.2, 0.25) is 0 Å². The van der Waals surface area contributed by atoms with E-state index in [0.717, 1.165) is 0 Å². The van der Waals surface area contributed by atoms with E-state index in [-0.39, 0.29) is 5.89 Å². The van der Waals surface area contributed by atoms with Crippen molar-refractivity contribution in [1.82, 2.24) is 15.1 Å². The Morgan fingerprint density at radius 3 is 2.86 bits per heavy atom. The standard InChI is InChI=1S/C9H9N3O2/c1-6(13)9-11-8(12-14-9)7-4-2-3-5-10-7/h2-6,13H,1H3/t6-/m0/s1. The molecule has 5 nitrogen and oxygen atoms in total. The minimum absolute atomic E-state index is 0.200. The summed E-state index contributed by atoms with van der Waals surface area (Å²) in [6.45, 7) is 1.57. The third-order valence-electron chi connectivity index (χ3n) is 1.69. The van der Waals surface area contributed by atoms with Crippen molar-refractivity contribution in [1.29, 1.82) is 0 Å². The van der Waals surface area contributed by atoms with Crippen LogP contribution >= 0.6 is 0 Å². The Labute approximate surface area is 80.4 Å². The maximum absolute atomic E-state index is 9.17. The molecule has 0 fully saturated rings. The summed E-state index contributed by atoms with van der Waals surface area (Å²) in [4.78, 5) is 8.04. The van der Waals surface area contributed by atoms with Crippen molar-refractivity contribution in [2.24, 2.45) is 0 Å². The quantitative estimate of drug-likeness (QED) is 0.771. The van der Waals surface area contributed by atoms with E-state index in [9.17, 15) is 0 Å². The lowest BCUT2D eigenvalue weighted by Crippen LogP contribution is -1.90. The number of hydrogen-bond acceptors (Lipinski definition) is 5. The van der Waals surface area contributed by atoms with Gasteiger partial charge in [-0.2, -0.15) is 4.98 Å². The SMILES string of the molecule is C[C@H](O)c1nc(-c2ccccn2)no1. The zero-order chi connectivity index (χ0) is 9.97. The molecule has 2 aromatic heterocycles. The van der Waals surface area contributed by atoms with Gasteiger partial charge < -0.3 is 9.63 Å². The first kappa shape index (κ1) is 8.83. The minimum Gasteiger partial charge on any atom is -0.384 e. The number of aliphatic hydroxyl groups excluding tert-OH is 1. The van der Waals surface area contributed by atoms with Crippen LogP contribution in [0.5, 0.6) is 0 Å². The third kappa shape index (κ3) is 1.62. The second-order valence-corrected chi connectivity index (χ2v) is 2.85. The highest BCUT2D eigenvalue weighted by atomic mass is 16.5. The van der Waals surface area contributed by atoms with Gasteiger partial charge in [-0.3, -0.25) is 4.98 Å². The fourth-order valence-electron chi connectivity index (χ4n) is 1.00. The summed E-state index contributed by atoms with van der Waals surface area (Å²) in [5.41, 5.74) is 0.628. The number of nitrogens with zero attached hydrogens (tertiary/aromatic N) is 3. The summed E-state index contributed by atoms with van der Waals surface area (Å²) < 4.78 is 4.83. The van der Waals surface area contributed by atoms with Crippen LogP contribution in [0.25, 0.3) is 11.5 Å². The Kier molecular flexibility index (Phi) is 2.24. The van der Waals surface area contributed by atoms with E-state index in [0.29, 0.717) is 11.5 Å². The first-order chi connectivity index (χ1) is 6.77. The summed E-state index contributed by atoms with van der Waals surface area (Å²) in [7, 11) is 0. The van der Waals surface area contributed by atoms with Gasteiger partial charge in [0, 0.05) is 6.20 Å². The van der Waals surface area contributed by atoms with Crippen molar-refractivity contribution < 1.29 is 9.63 Å². The third-order valence-corrected chi connectivity index (χ3v) is 1.69. The largest absolute Gasteiger partial charge is 0.384 e. The molecular formula is C9H9N3O2. The number of rotatable bonds is 2. The molecule has 2 aromatic rings. The molecule has 0 amide bonds. The summed E-state index contributed by atoms with van der Waals surface area (Å²) >= 11 is 0. The normalized spacial score (nSPS) is 12.7. The van der Waals surface area contributed by atoms with Gasteiger partial charge >= 0.3 is 0 Å². The Morgan fingerprint density at radius 2 is 2.29 bits per heavy atom. The number of pyridine rings is 1. The van der Waals surface area contributed by atoms with Gasteiger partial charge in [0.1, 0.15) is 11.8 Å². The Morgan fingerprint density at radius 1 is 1.43 bits per heavy atom. The van der Waals surface area contributed by atoms with E-state index < -0.39 is 6.10 Å². The highest BCUT2D eigenvalue weighted by Crippen LogP contribution is 2.15. The van der Waals surface area contributed by atoms with Gasteiger partial charge in [-0.05, 0) is 19.1 Å². The molecule has 1 atom stereocenters. The van der Waals surface area contributed by atoms with E-state index in [1.807, 2.05) is 6.07 Å². The summed E-state index contributed by atoms with van der Waals surface area (Å²) in [5, 5.41) is 12.9. The molecule has 1 N–H and O–H groups in total. The van der Waals surface area contributed by atoms with E-state index in [1.54, 1.807) is 25.3 Å². The maximum atomic E-state index is 9.17. The lowest BCUT2D eigenvalue weighted by molar-refractivity contribution is 0.152. The smallest absolute Gasteiger partial charge is 0.255 e. The molecule has 0 aliphatic carbocycles. The molecule has 0 saturated heterocycles. The molecule has 0 saturated carbocycles. The molecular weight excluding hydrogens is 182 g/mol. The van der Waals surface area contributed by atoms with Gasteiger partial charge in [-0.25, -0.2) is 0 Å². The molecule has 0 radical (unpaired) electrons. The predicted octanol–water partition coefficient (Wildman–Crippen LogP) is 1.18. The van der Waals surface area contributed by atoms with Crippen molar-refractivity contribution in [3.05, 3.63) is 30.3 Å². The average Bonchev–Trinajstić information content (AvgIpc) is 2.68. The highest BCUT2D eigenvalue weighted by Gasteiger charge is 2.12. The molecule has 0 spiro atoms. The van der Waals surface area contributed by atoms with Crippen LogP contribution in [0.1, 0.15) is 18.9 Å². The van der Waals surface area contributed by atoms with E-state index >= 15 is 0 Å². The topological polar surface area (TPSA) is 72.0 Å². The summed E-state index contributed by atoms with van der Waals surface area (Å²) in [5.74, 6) is 0.590. The molecule has 0 aliphatic rings. The zero-order valence-corrected chi connectivity index (χ0v) is 7.58. The van der Waals surface area contributed by atoms with Crippen molar-refractivity contribution >= 4 is 0 Å². The van der Waals surface area contributed by atoms with Crippen molar-refractivity contribution in [3.63, 3.8) is 0 Å². The van der Waals surface area contributed by atoms with Crippen LogP contribution in [0.3, 0.4) is 0 Å². The molecule has 14 heavy (non-hydrogen) atoms. The highest BCUT2D eigenvalue weighted by molar-refractivity contribution is 5.47. The lowest BCUT2D eigenvalue weighted by atomic mass is 10.3. The monoisotopic (exact) mass is 191 g/mol. The Hall–Kier alpha value is -1.75. The van der Waals surface area contributed by atoms with E-state index in [1.165, 1.54) is 0 Å². The molecule has 2 rings (SSSR count). The van der Waals surface area contributed by atoms with Crippen LogP contribution in [-0.2, 0) is 0 Å². The molecule has 0 unspecified atom stereocenters. The number of aliphatic hydroxyl groups is 1. The molecule has 0 aliphatic heterocycles. The molecule has 0 bridgehead atoms. The lowest BCUT2D eigenvalue weighted by Gasteiger charge is -1.92. The van der Waals surface area contributed by atoms with Crippen LogP contribution in [0.15, 0.2) is 28.9 Å². The number of hydrogen-bond donors (Lipinski definition) is 1. The van der Waals surface area contributed by atoms with Crippen molar-refractivity contribution in [3.8, 4) is 11.5 Å². The zero-order valence-electron chi connectivity index (χ0n) is 7.58. The molecule has 0 aromatic carbocycles. The van der Waals surface area contributed by atoms with Crippen LogP contribution < -0.4 is 0 Å². The second kappa shape index (κ2) is 3.55. The van der Waals surface area contributed by atoms with Gasteiger partial charge in [-0.1, -0.05) is 11.2 Å². The van der Waals surface area contributed by atoms with Gasteiger partial charge in [-0.15, -0.1) is 0 Å². The van der Waals surface area contributed by atoms with Gasteiger partial charge in [0.15, 0.2) is 0 Å². The Balaban J connectivity index is 2.34. The predicted molar refractivity (Wildman–Crippen MR) is 48.2 cm³/mol. The first-order valence-electron chi connectivity index (χ1n) is 4.20. The maximum Gasteiger partial charge on any atom is 0.255 e. The summed E-state index contributed by atoms with van der Waals surface area (Å²) in [6.07, 6.45) is 0.897. The van der Waals surface area contributed by atoms with Gasteiger partial charge in [0.25, 0.3) is 5.89 Å². The second-order valence-electron chi connectivity index (χ2n) is 2.85. The van der Waals surface area contributed by atoms with Crippen LogP contribution in [0, 0.1) is 0 Å². The average molecular weight is 191 g/mol. The van der Waals surface area contributed by atoms with Crippen LogP contribution in [0.4, 0.5) is 0 Å². The van der Waals surface area contributed by atoms with E-state index in [4.69, 9.17) is 9.63 Å². The van der Waals surface area contributed by atoms with Gasteiger partial charge in [0.2, 0.25) is 5.82 Å². The first-order valence-corrected chi connectivity index (χ1v) is 4.20. The summed E-state index contributed by atoms with van der Waals surface area (Å²) in [6, 6.07) is 5.41. The van der Waals surface area contributed by atoms with Gasteiger partial charge in [0.05, 0.1) is 0 Å². The molecule has 2 heterocycles. The molecule has 72 valence electrons. The fourth-order valence-corrected chi connectivity index (χ4v) is 1.00. The van der Waals surface area contributed by atoms with Crippen molar-refractivity contribution in [2.75, 3.05) is 0 Å². The minimum atomic E-state index is -0.750. The van der Waals surface area contributed by atoms with E-state index in [2.05, 4.69) is 15.1 Å².